The zero-order valence-electron chi connectivity index (χ0n) is 18.9. The van der Waals surface area contributed by atoms with E-state index < -0.39 is 9.84 Å². The number of rotatable bonds is 9. The van der Waals surface area contributed by atoms with E-state index in [1.165, 1.54) is 18.3 Å². The van der Waals surface area contributed by atoms with E-state index in [9.17, 15) is 18.3 Å². The maximum atomic E-state index is 12.9. The number of Topliss-reactive ketones (excluding diaryl/α,β-unsaturated/α-hetero) is 1. The SMILES string of the molecule is CCC/C(=N\OCC)C1=C(O)CC(c2cccc(Oc3ccc(S(C)(=O)=O)cn3)c2)CC1=O. The summed E-state index contributed by atoms with van der Waals surface area (Å²) in [6, 6.07) is 10.1. The molecule has 3 rings (SSSR count). The summed E-state index contributed by atoms with van der Waals surface area (Å²) in [5, 5.41) is 14.7. The Morgan fingerprint density at radius 2 is 2.00 bits per heavy atom. The Balaban J connectivity index is 1.79. The summed E-state index contributed by atoms with van der Waals surface area (Å²) in [5.74, 6) is 0.395. The number of aliphatic hydroxyl groups excluding tert-OH is 1. The number of ketones is 1. The van der Waals surface area contributed by atoms with Crippen molar-refractivity contribution >= 4 is 21.3 Å². The molecule has 0 radical (unpaired) electrons. The first-order valence-corrected chi connectivity index (χ1v) is 12.7. The van der Waals surface area contributed by atoms with E-state index >= 15 is 0 Å². The number of sulfone groups is 1. The van der Waals surface area contributed by atoms with Gasteiger partial charge in [-0.25, -0.2) is 13.4 Å². The fourth-order valence-electron chi connectivity index (χ4n) is 3.65. The van der Waals surface area contributed by atoms with Crippen LogP contribution < -0.4 is 4.74 Å². The van der Waals surface area contributed by atoms with Crippen molar-refractivity contribution in [2.24, 2.45) is 5.16 Å². The summed E-state index contributed by atoms with van der Waals surface area (Å²) in [6.07, 6.45) is 4.22. The average Bonchev–Trinajstić information content (AvgIpc) is 2.77. The molecule has 0 amide bonds. The van der Waals surface area contributed by atoms with Crippen LogP contribution >= 0.6 is 0 Å². The van der Waals surface area contributed by atoms with Crippen LogP contribution in [0.25, 0.3) is 0 Å². The number of ether oxygens (including phenoxy) is 1. The molecule has 33 heavy (non-hydrogen) atoms. The number of aliphatic hydroxyl groups is 1. The van der Waals surface area contributed by atoms with Crippen molar-refractivity contribution in [2.45, 2.75) is 50.3 Å². The van der Waals surface area contributed by atoms with E-state index in [0.29, 0.717) is 30.9 Å². The molecule has 176 valence electrons. The summed E-state index contributed by atoms with van der Waals surface area (Å²) in [7, 11) is -3.34. The maximum Gasteiger partial charge on any atom is 0.219 e. The summed E-state index contributed by atoms with van der Waals surface area (Å²) in [4.78, 5) is 22.2. The molecule has 1 atom stereocenters. The Morgan fingerprint density at radius 3 is 2.61 bits per heavy atom. The Hall–Kier alpha value is -3.20. The van der Waals surface area contributed by atoms with Gasteiger partial charge in [-0.1, -0.05) is 30.6 Å². The first kappa shape index (κ1) is 24.4. The Bertz CT molecular complexity index is 1170. The number of allylic oxidation sites excluding steroid dienone is 2. The van der Waals surface area contributed by atoms with Crippen molar-refractivity contribution in [3.05, 3.63) is 59.5 Å². The minimum atomic E-state index is -3.34. The summed E-state index contributed by atoms with van der Waals surface area (Å²) in [6.45, 7) is 4.17. The van der Waals surface area contributed by atoms with Gasteiger partial charge >= 0.3 is 0 Å². The minimum absolute atomic E-state index is 0.0208. The van der Waals surface area contributed by atoms with Gasteiger partial charge in [0.15, 0.2) is 15.6 Å². The van der Waals surface area contributed by atoms with E-state index in [1.54, 1.807) is 18.2 Å². The molecule has 1 aromatic heterocycles. The highest BCUT2D eigenvalue weighted by Gasteiger charge is 2.31. The minimum Gasteiger partial charge on any atom is -0.511 e. The van der Waals surface area contributed by atoms with Crippen molar-refractivity contribution in [3.8, 4) is 11.6 Å². The van der Waals surface area contributed by atoms with Crippen LogP contribution in [0.15, 0.2) is 64.0 Å². The normalized spacial score (nSPS) is 17.2. The quantitative estimate of drug-likeness (QED) is 0.414. The number of nitrogens with zero attached hydrogens (tertiary/aromatic N) is 2. The number of carbonyl (C=O) groups is 1. The Morgan fingerprint density at radius 1 is 1.21 bits per heavy atom. The van der Waals surface area contributed by atoms with Crippen molar-refractivity contribution in [3.63, 3.8) is 0 Å². The molecule has 1 heterocycles. The molecule has 0 spiro atoms. The molecule has 1 N–H and O–H groups in total. The highest BCUT2D eigenvalue weighted by atomic mass is 32.2. The number of hydrogen-bond acceptors (Lipinski definition) is 8. The lowest BCUT2D eigenvalue weighted by Gasteiger charge is -2.24. The van der Waals surface area contributed by atoms with E-state index in [2.05, 4.69) is 10.1 Å². The standard InChI is InChI=1S/C24H28N2O6S/c1-4-7-20(26-31-5-2)24-21(27)13-17(14-22(24)28)16-8-6-9-18(12-16)32-23-11-10-19(15-25-23)33(3,29)30/h6,8-12,15,17,27H,4-5,7,13-14H2,1-3H3/b26-20+. The highest BCUT2D eigenvalue weighted by Crippen LogP contribution is 2.36. The second kappa shape index (κ2) is 10.6. The largest absolute Gasteiger partial charge is 0.511 e. The van der Waals surface area contributed by atoms with Gasteiger partial charge in [0.2, 0.25) is 5.88 Å². The highest BCUT2D eigenvalue weighted by molar-refractivity contribution is 7.90. The molecule has 1 aromatic carbocycles. The summed E-state index contributed by atoms with van der Waals surface area (Å²) < 4.78 is 28.9. The van der Waals surface area contributed by atoms with Gasteiger partial charge in [-0.3, -0.25) is 4.79 Å². The molecule has 0 bridgehead atoms. The third-order valence-corrected chi connectivity index (χ3v) is 6.31. The summed E-state index contributed by atoms with van der Waals surface area (Å²) in [5.41, 5.74) is 1.60. The average molecular weight is 473 g/mol. The number of hydrogen-bond donors (Lipinski definition) is 1. The lowest BCUT2D eigenvalue weighted by atomic mass is 9.81. The molecule has 0 saturated carbocycles. The van der Waals surface area contributed by atoms with Gasteiger partial charge in [0.25, 0.3) is 0 Å². The van der Waals surface area contributed by atoms with Gasteiger partial charge in [-0.05, 0) is 43.0 Å². The molecule has 0 fully saturated rings. The lowest BCUT2D eigenvalue weighted by molar-refractivity contribution is -0.116. The van der Waals surface area contributed by atoms with Gasteiger partial charge in [-0.15, -0.1) is 0 Å². The van der Waals surface area contributed by atoms with Crippen LogP contribution in [0.4, 0.5) is 0 Å². The molecular weight excluding hydrogens is 444 g/mol. The molecule has 0 saturated heterocycles. The third kappa shape index (κ3) is 6.19. The van der Waals surface area contributed by atoms with E-state index in [-0.39, 0.29) is 40.2 Å². The Labute approximate surface area is 193 Å². The number of aromatic nitrogens is 1. The monoisotopic (exact) mass is 472 g/mol. The van der Waals surface area contributed by atoms with Gasteiger partial charge in [0.1, 0.15) is 18.1 Å². The van der Waals surface area contributed by atoms with E-state index in [4.69, 9.17) is 9.57 Å². The summed E-state index contributed by atoms with van der Waals surface area (Å²) >= 11 is 0. The van der Waals surface area contributed by atoms with Crippen LogP contribution in [0.2, 0.25) is 0 Å². The van der Waals surface area contributed by atoms with Gasteiger partial charge < -0.3 is 14.7 Å². The van der Waals surface area contributed by atoms with Crippen LogP contribution in [0.1, 0.15) is 51.0 Å². The number of benzene rings is 1. The number of oxime groups is 1. The second-order valence-electron chi connectivity index (χ2n) is 7.83. The zero-order chi connectivity index (χ0) is 24.0. The predicted octanol–water partition coefficient (Wildman–Crippen LogP) is 4.73. The molecule has 9 heteroatoms. The second-order valence-corrected chi connectivity index (χ2v) is 9.85. The topological polar surface area (TPSA) is 115 Å². The van der Waals surface area contributed by atoms with E-state index in [0.717, 1.165) is 18.2 Å². The molecule has 1 unspecified atom stereocenters. The van der Waals surface area contributed by atoms with Crippen LogP contribution in [-0.2, 0) is 19.5 Å². The lowest BCUT2D eigenvalue weighted by Crippen LogP contribution is -2.24. The Kier molecular flexibility index (Phi) is 7.86. The number of pyridine rings is 1. The van der Waals surface area contributed by atoms with Crippen molar-refractivity contribution in [1.82, 2.24) is 4.98 Å². The van der Waals surface area contributed by atoms with E-state index in [1.807, 2.05) is 19.9 Å². The van der Waals surface area contributed by atoms with Crippen molar-refractivity contribution in [2.75, 3.05) is 12.9 Å². The molecule has 8 nitrogen and oxygen atoms in total. The first-order valence-electron chi connectivity index (χ1n) is 10.8. The van der Waals surface area contributed by atoms with Crippen LogP contribution in [0.3, 0.4) is 0 Å². The smallest absolute Gasteiger partial charge is 0.219 e. The molecule has 1 aliphatic rings. The van der Waals surface area contributed by atoms with Crippen molar-refractivity contribution < 1.29 is 27.9 Å². The van der Waals surface area contributed by atoms with Gasteiger partial charge in [0, 0.05) is 31.4 Å². The van der Waals surface area contributed by atoms with Crippen molar-refractivity contribution in [1.29, 1.82) is 0 Å². The fourth-order valence-corrected chi connectivity index (χ4v) is 4.21. The van der Waals surface area contributed by atoms with Crippen LogP contribution in [0.5, 0.6) is 11.6 Å². The van der Waals surface area contributed by atoms with Gasteiger partial charge in [-0.2, -0.15) is 0 Å². The molecule has 0 aliphatic heterocycles. The number of carbonyl (C=O) groups excluding carboxylic acids is 1. The maximum absolute atomic E-state index is 12.9. The predicted molar refractivity (Wildman–Crippen MR) is 124 cm³/mol. The molecular formula is C24H28N2O6S. The zero-order valence-corrected chi connectivity index (χ0v) is 19.8. The third-order valence-electron chi connectivity index (χ3n) is 5.21. The van der Waals surface area contributed by atoms with Crippen LogP contribution in [-0.4, -0.2) is 42.9 Å². The molecule has 1 aliphatic carbocycles. The fraction of sp³-hybridized carbons (Fsp3) is 0.375. The van der Waals surface area contributed by atoms with Crippen LogP contribution in [0, 0.1) is 0 Å². The molecule has 2 aromatic rings. The van der Waals surface area contributed by atoms with Gasteiger partial charge in [0.05, 0.1) is 16.2 Å². The first-order chi connectivity index (χ1) is 15.7.